The van der Waals surface area contributed by atoms with E-state index in [9.17, 15) is 9.59 Å². The van der Waals surface area contributed by atoms with Crippen LogP contribution in [0.25, 0.3) is 0 Å². The lowest BCUT2D eigenvalue weighted by atomic mass is 10.2. The Morgan fingerprint density at radius 1 is 1.35 bits per heavy atom. The number of carbonyl (C=O) groups is 2. The highest BCUT2D eigenvalue weighted by Gasteiger charge is 2.08. The maximum Gasteiger partial charge on any atom is 0.338 e. The fraction of sp³-hybridized carbons (Fsp3) is 0.312. The summed E-state index contributed by atoms with van der Waals surface area (Å²) in [5, 5.41) is 14.4. The molecule has 0 heterocycles. The van der Waals surface area contributed by atoms with Crippen LogP contribution in [0.2, 0.25) is 0 Å². The molecule has 0 aliphatic carbocycles. The van der Waals surface area contributed by atoms with Gasteiger partial charge in [0, 0.05) is 24.3 Å². The first kappa shape index (κ1) is 18.5. The third kappa shape index (κ3) is 6.41. The summed E-state index contributed by atoms with van der Waals surface area (Å²) in [5.41, 5.74) is 1.02. The number of rotatable bonds is 8. The number of hydrogen-bond acceptors (Lipinski definition) is 5. The van der Waals surface area contributed by atoms with Crippen molar-refractivity contribution in [2.45, 2.75) is 13.3 Å². The van der Waals surface area contributed by atoms with Crippen molar-refractivity contribution in [3.63, 3.8) is 0 Å². The Bertz CT molecular complexity index is 606. The summed E-state index contributed by atoms with van der Waals surface area (Å²) in [6.07, 6.45) is 1.95. The SMILES string of the molecule is CCOC(=O)c1ccc(N/C=C(/C#N)C(=O)NCCCCl)cc1. The van der Waals surface area contributed by atoms with Crippen LogP contribution >= 0.6 is 11.6 Å². The second kappa shape index (κ2) is 10.2. The van der Waals surface area contributed by atoms with E-state index in [1.165, 1.54) is 6.20 Å². The van der Waals surface area contributed by atoms with Crippen molar-refractivity contribution >= 4 is 29.2 Å². The zero-order valence-corrected chi connectivity index (χ0v) is 13.5. The van der Waals surface area contributed by atoms with Gasteiger partial charge in [0.25, 0.3) is 5.91 Å². The van der Waals surface area contributed by atoms with Crippen molar-refractivity contribution in [1.29, 1.82) is 5.26 Å². The molecule has 0 atom stereocenters. The molecule has 0 spiro atoms. The third-order valence-corrected chi connectivity index (χ3v) is 3.01. The summed E-state index contributed by atoms with van der Waals surface area (Å²) in [4.78, 5) is 23.3. The van der Waals surface area contributed by atoms with E-state index in [-0.39, 0.29) is 5.57 Å². The van der Waals surface area contributed by atoms with Crippen LogP contribution in [0.1, 0.15) is 23.7 Å². The first-order chi connectivity index (χ1) is 11.1. The summed E-state index contributed by atoms with van der Waals surface area (Å²) in [5.74, 6) is -0.420. The number of halogens is 1. The number of carbonyl (C=O) groups excluding carboxylic acids is 2. The summed E-state index contributed by atoms with van der Waals surface area (Å²) in [7, 11) is 0. The Kier molecular flexibility index (Phi) is 8.25. The lowest BCUT2D eigenvalue weighted by Crippen LogP contribution is -2.26. The molecule has 0 bridgehead atoms. The van der Waals surface area contributed by atoms with Gasteiger partial charge in [0.2, 0.25) is 0 Å². The second-order valence-electron chi connectivity index (χ2n) is 4.41. The van der Waals surface area contributed by atoms with Crippen molar-refractivity contribution in [2.75, 3.05) is 24.3 Å². The van der Waals surface area contributed by atoms with E-state index in [4.69, 9.17) is 21.6 Å². The summed E-state index contributed by atoms with van der Waals surface area (Å²) in [6.45, 7) is 2.46. The molecular weight excluding hydrogens is 318 g/mol. The molecule has 0 fully saturated rings. The van der Waals surface area contributed by atoms with Gasteiger partial charge in [-0.05, 0) is 37.6 Å². The van der Waals surface area contributed by atoms with Crippen LogP contribution in [0.4, 0.5) is 5.69 Å². The zero-order chi connectivity index (χ0) is 17.1. The molecule has 6 nitrogen and oxygen atoms in total. The lowest BCUT2D eigenvalue weighted by Gasteiger charge is -2.05. The van der Waals surface area contributed by atoms with E-state index in [0.717, 1.165) is 0 Å². The molecule has 0 aliphatic rings. The highest BCUT2D eigenvalue weighted by atomic mass is 35.5. The molecule has 1 amide bonds. The molecule has 0 unspecified atom stereocenters. The summed E-state index contributed by atoms with van der Waals surface area (Å²) in [6, 6.07) is 8.33. The Hall–Kier alpha value is -2.52. The van der Waals surface area contributed by atoms with Gasteiger partial charge in [-0.3, -0.25) is 4.79 Å². The van der Waals surface area contributed by atoms with Crippen molar-refractivity contribution in [3.8, 4) is 6.07 Å². The van der Waals surface area contributed by atoms with Crippen molar-refractivity contribution in [1.82, 2.24) is 5.32 Å². The first-order valence-corrected chi connectivity index (χ1v) is 7.64. The molecule has 0 saturated heterocycles. The number of nitriles is 1. The molecule has 2 N–H and O–H groups in total. The minimum absolute atomic E-state index is 0.0472. The fourth-order valence-corrected chi connectivity index (χ4v) is 1.72. The van der Waals surface area contributed by atoms with Gasteiger partial charge in [-0.15, -0.1) is 11.6 Å². The Morgan fingerprint density at radius 3 is 2.61 bits per heavy atom. The highest BCUT2D eigenvalue weighted by molar-refractivity contribution is 6.17. The summed E-state index contributed by atoms with van der Waals surface area (Å²) >= 11 is 5.52. The van der Waals surface area contributed by atoms with Crippen LogP contribution in [-0.2, 0) is 9.53 Å². The van der Waals surface area contributed by atoms with Crippen molar-refractivity contribution in [2.24, 2.45) is 0 Å². The largest absolute Gasteiger partial charge is 0.462 e. The number of hydrogen-bond donors (Lipinski definition) is 2. The molecule has 122 valence electrons. The summed E-state index contributed by atoms with van der Waals surface area (Å²) < 4.78 is 4.88. The van der Waals surface area contributed by atoms with Crippen LogP contribution < -0.4 is 10.6 Å². The molecule has 0 aliphatic heterocycles. The molecule has 1 aromatic carbocycles. The number of anilines is 1. The van der Waals surface area contributed by atoms with Crippen LogP contribution in [0.15, 0.2) is 36.0 Å². The predicted molar refractivity (Wildman–Crippen MR) is 88.1 cm³/mol. The molecule has 23 heavy (non-hydrogen) atoms. The third-order valence-electron chi connectivity index (χ3n) is 2.74. The minimum atomic E-state index is -0.465. The van der Waals surface area contributed by atoms with Crippen LogP contribution in [0, 0.1) is 11.3 Å². The number of nitrogens with one attached hydrogen (secondary N) is 2. The van der Waals surface area contributed by atoms with E-state index in [0.29, 0.717) is 36.7 Å². The average molecular weight is 336 g/mol. The number of amides is 1. The normalized spacial score (nSPS) is 10.6. The average Bonchev–Trinajstić information content (AvgIpc) is 2.56. The zero-order valence-electron chi connectivity index (χ0n) is 12.8. The van der Waals surface area contributed by atoms with E-state index in [1.54, 1.807) is 31.2 Å². The van der Waals surface area contributed by atoms with E-state index in [1.807, 2.05) is 6.07 Å². The molecule has 0 saturated carbocycles. The number of benzene rings is 1. The van der Waals surface area contributed by atoms with Crippen molar-refractivity contribution in [3.05, 3.63) is 41.6 Å². The van der Waals surface area contributed by atoms with Crippen LogP contribution in [-0.4, -0.2) is 30.9 Å². The topological polar surface area (TPSA) is 91.2 Å². The van der Waals surface area contributed by atoms with Gasteiger partial charge in [-0.1, -0.05) is 0 Å². The van der Waals surface area contributed by atoms with Crippen LogP contribution in [0.5, 0.6) is 0 Å². The Labute approximate surface area is 140 Å². The van der Waals surface area contributed by atoms with Gasteiger partial charge in [-0.25, -0.2) is 4.79 Å². The van der Waals surface area contributed by atoms with Gasteiger partial charge in [-0.2, -0.15) is 5.26 Å². The number of esters is 1. The number of nitrogens with zero attached hydrogens (tertiary/aromatic N) is 1. The van der Waals surface area contributed by atoms with Crippen LogP contribution in [0.3, 0.4) is 0 Å². The first-order valence-electron chi connectivity index (χ1n) is 7.10. The fourth-order valence-electron chi connectivity index (χ4n) is 1.59. The molecule has 0 aromatic heterocycles. The molecule has 1 rings (SSSR count). The quantitative estimate of drug-likeness (QED) is 0.250. The van der Waals surface area contributed by atoms with E-state index < -0.39 is 11.9 Å². The van der Waals surface area contributed by atoms with Crippen molar-refractivity contribution < 1.29 is 14.3 Å². The molecular formula is C16H18ClN3O3. The highest BCUT2D eigenvalue weighted by Crippen LogP contribution is 2.11. The standard InChI is InChI=1S/C16H18ClN3O3/c1-2-23-16(22)12-4-6-14(7-5-12)20-11-13(10-18)15(21)19-9-3-8-17/h4-7,11,20H,2-3,8-9H2,1H3,(H,19,21)/b13-11-. The van der Waals surface area contributed by atoms with Gasteiger partial charge in [0.15, 0.2) is 0 Å². The number of alkyl halides is 1. The Balaban J connectivity index is 2.65. The smallest absolute Gasteiger partial charge is 0.338 e. The molecule has 1 aromatic rings. The Morgan fingerprint density at radius 2 is 2.04 bits per heavy atom. The monoisotopic (exact) mass is 335 g/mol. The number of ether oxygens (including phenoxy) is 1. The maximum atomic E-state index is 11.7. The molecule has 7 heteroatoms. The van der Waals surface area contributed by atoms with E-state index in [2.05, 4.69) is 10.6 Å². The van der Waals surface area contributed by atoms with Gasteiger partial charge < -0.3 is 15.4 Å². The minimum Gasteiger partial charge on any atom is -0.462 e. The lowest BCUT2D eigenvalue weighted by molar-refractivity contribution is -0.117. The predicted octanol–water partition coefficient (Wildman–Crippen LogP) is 2.43. The van der Waals surface area contributed by atoms with Gasteiger partial charge >= 0.3 is 5.97 Å². The van der Waals surface area contributed by atoms with Gasteiger partial charge in [0.05, 0.1) is 12.2 Å². The van der Waals surface area contributed by atoms with E-state index >= 15 is 0 Å². The second-order valence-corrected chi connectivity index (χ2v) is 4.79. The maximum absolute atomic E-state index is 11.7. The molecule has 0 radical (unpaired) electrons. The van der Waals surface area contributed by atoms with Gasteiger partial charge in [0.1, 0.15) is 11.6 Å².